The normalized spacial score (nSPS) is 12.4. The molecule has 0 fully saturated rings. The molecule has 4 nitrogen and oxygen atoms in total. The second-order valence-electron chi connectivity index (χ2n) is 5.01. The van der Waals surface area contributed by atoms with Crippen molar-refractivity contribution in [3.8, 4) is 6.07 Å². The summed E-state index contributed by atoms with van der Waals surface area (Å²) in [4.78, 5) is 13.7. The van der Waals surface area contributed by atoms with Crippen molar-refractivity contribution in [2.24, 2.45) is 0 Å². The molecule has 4 heteroatoms. The van der Waals surface area contributed by atoms with Gasteiger partial charge in [-0.05, 0) is 34.9 Å². The van der Waals surface area contributed by atoms with Gasteiger partial charge in [0.15, 0.2) is 0 Å². The van der Waals surface area contributed by atoms with E-state index < -0.39 is 6.09 Å². The van der Waals surface area contributed by atoms with Crippen molar-refractivity contribution in [1.29, 1.82) is 5.26 Å². The third kappa shape index (κ3) is 2.99. The van der Waals surface area contributed by atoms with E-state index >= 15 is 0 Å². The van der Waals surface area contributed by atoms with Crippen molar-refractivity contribution in [2.75, 3.05) is 0 Å². The van der Waals surface area contributed by atoms with Gasteiger partial charge in [0.05, 0.1) is 18.2 Å². The molecule has 2 aromatic rings. The number of nitriles is 1. The van der Waals surface area contributed by atoms with Crippen LogP contribution in [0.15, 0.2) is 54.7 Å². The molecule has 0 unspecified atom stereocenters. The van der Waals surface area contributed by atoms with Gasteiger partial charge in [0.1, 0.15) is 6.61 Å². The number of fused-ring (bicyclic) bond motifs is 1. The Kier molecular flexibility index (Phi) is 3.88. The van der Waals surface area contributed by atoms with E-state index in [0.29, 0.717) is 12.1 Å². The largest absolute Gasteiger partial charge is 0.444 e. The Morgan fingerprint density at radius 1 is 1.23 bits per heavy atom. The van der Waals surface area contributed by atoms with Crippen molar-refractivity contribution in [3.05, 3.63) is 77.0 Å². The zero-order valence-corrected chi connectivity index (χ0v) is 11.9. The lowest BCUT2D eigenvalue weighted by molar-refractivity contribution is 0.108. The van der Waals surface area contributed by atoms with E-state index in [0.717, 1.165) is 16.7 Å². The second kappa shape index (κ2) is 6.15. The molecule has 0 bridgehead atoms. The summed E-state index contributed by atoms with van der Waals surface area (Å²) < 4.78 is 5.31. The third-order valence-electron chi connectivity index (χ3n) is 3.48. The average molecular weight is 290 g/mol. The molecular formula is C18H14N2O2. The Bertz CT molecular complexity index is 775. The molecule has 0 N–H and O–H groups in total. The first-order valence-electron chi connectivity index (χ1n) is 6.95. The molecule has 0 aromatic heterocycles. The van der Waals surface area contributed by atoms with Gasteiger partial charge >= 0.3 is 6.09 Å². The molecule has 1 aliphatic rings. The first kappa shape index (κ1) is 13.9. The molecule has 0 radical (unpaired) electrons. The molecule has 3 rings (SSSR count). The van der Waals surface area contributed by atoms with Crippen LogP contribution in [-0.4, -0.2) is 11.0 Å². The van der Waals surface area contributed by atoms with Crippen LogP contribution in [0.3, 0.4) is 0 Å². The highest BCUT2D eigenvalue weighted by atomic mass is 16.6. The summed E-state index contributed by atoms with van der Waals surface area (Å²) in [6.07, 6.45) is 3.24. The fourth-order valence-electron chi connectivity index (χ4n) is 2.33. The minimum absolute atomic E-state index is 0.153. The van der Waals surface area contributed by atoms with Crippen LogP contribution in [0, 0.1) is 11.3 Å². The predicted molar refractivity (Wildman–Crippen MR) is 82.4 cm³/mol. The lowest BCUT2D eigenvalue weighted by Gasteiger charge is -2.22. The van der Waals surface area contributed by atoms with Gasteiger partial charge in [-0.3, -0.25) is 4.90 Å². The third-order valence-corrected chi connectivity index (χ3v) is 3.48. The number of hydrogen-bond donors (Lipinski definition) is 0. The van der Waals surface area contributed by atoms with Gasteiger partial charge in [-0.2, -0.15) is 5.26 Å². The second-order valence-corrected chi connectivity index (χ2v) is 5.01. The highest BCUT2D eigenvalue weighted by molar-refractivity contribution is 5.72. The lowest BCUT2D eigenvalue weighted by Crippen LogP contribution is -2.27. The molecule has 0 saturated carbocycles. The number of ether oxygens (including phenoxy) is 1. The van der Waals surface area contributed by atoms with Crippen LogP contribution in [0.5, 0.6) is 0 Å². The minimum atomic E-state index is -0.395. The van der Waals surface area contributed by atoms with Gasteiger partial charge < -0.3 is 4.74 Å². The highest BCUT2D eigenvalue weighted by Crippen LogP contribution is 2.20. The van der Waals surface area contributed by atoms with Crippen LogP contribution in [0.2, 0.25) is 0 Å². The van der Waals surface area contributed by atoms with Crippen LogP contribution >= 0.6 is 0 Å². The fourth-order valence-corrected chi connectivity index (χ4v) is 2.33. The summed E-state index contributed by atoms with van der Waals surface area (Å²) in [7, 11) is 0. The van der Waals surface area contributed by atoms with E-state index in [9.17, 15) is 4.79 Å². The van der Waals surface area contributed by atoms with E-state index in [1.54, 1.807) is 24.4 Å². The van der Waals surface area contributed by atoms with Crippen molar-refractivity contribution in [3.63, 3.8) is 0 Å². The van der Waals surface area contributed by atoms with E-state index in [2.05, 4.69) is 6.07 Å². The van der Waals surface area contributed by atoms with E-state index in [1.165, 1.54) is 4.90 Å². The molecule has 1 aliphatic heterocycles. The van der Waals surface area contributed by atoms with Crippen molar-refractivity contribution >= 4 is 12.2 Å². The maximum atomic E-state index is 12.1. The van der Waals surface area contributed by atoms with Gasteiger partial charge in [-0.25, -0.2) is 4.79 Å². The molecule has 1 heterocycles. The Morgan fingerprint density at radius 2 is 2.09 bits per heavy atom. The summed E-state index contributed by atoms with van der Waals surface area (Å²) in [5.41, 5.74) is 3.57. The van der Waals surface area contributed by atoms with Crippen LogP contribution in [-0.2, 0) is 17.9 Å². The number of nitrogens with zero attached hydrogens (tertiary/aromatic N) is 2. The first-order valence-corrected chi connectivity index (χ1v) is 6.95. The molecule has 0 spiro atoms. The Morgan fingerprint density at radius 3 is 2.95 bits per heavy atom. The number of carbonyl (C=O) groups excluding carboxylic acids is 1. The molecule has 2 aromatic carbocycles. The molecular weight excluding hydrogens is 276 g/mol. The number of rotatable bonds is 2. The number of carbonyl (C=O) groups is 1. The van der Waals surface area contributed by atoms with Crippen molar-refractivity contribution < 1.29 is 9.53 Å². The number of hydrogen-bond acceptors (Lipinski definition) is 3. The van der Waals surface area contributed by atoms with E-state index in [1.807, 2.05) is 36.4 Å². The molecule has 108 valence electrons. The van der Waals surface area contributed by atoms with Gasteiger partial charge in [0, 0.05) is 6.20 Å². The monoisotopic (exact) mass is 290 g/mol. The topological polar surface area (TPSA) is 53.3 Å². The number of benzene rings is 2. The molecule has 22 heavy (non-hydrogen) atoms. The lowest BCUT2D eigenvalue weighted by atomic mass is 10.1. The van der Waals surface area contributed by atoms with Gasteiger partial charge in [0.2, 0.25) is 0 Å². The Hall–Kier alpha value is -3.06. The summed E-state index contributed by atoms with van der Waals surface area (Å²) in [6, 6.07) is 17.0. The predicted octanol–water partition coefficient (Wildman–Crippen LogP) is 3.68. The summed E-state index contributed by atoms with van der Waals surface area (Å²) in [5.74, 6) is 0. The fraction of sp³-hybridized carbons (Fsp3) is 0.111. The zero-order valence-electron chi connectivity index (χ0n) is 11.9. The van der Waals surface area contributed by atoms with E-state index in [-0.39, 0.29) is 6.61 Å². The van der Waals surface area contributed by atoms with E-state index in [4.69, 9.17) is 10.00 Å². The maximum Gasteiger partial charge on any atom is 0.414 e. The van der Waals surface area contributed by atoms with Gasteiger partial charge in [-0.15, -0.1) is 0 Å². The quantitative estimate of drug-likeness (QED) is 0.847. The van der Waals surface area contributed by atoms with Crippen LogP contribution in [0.25, 0.3) is 6.08 Å². The Labute approximate surface area is 128 Å². The number of amides is 1. The molecule has 0 saturated heterocycles. The SMILES string of the molecule is N#Cc1cccc(COC(=O)N2C=Cc3ccccc3C2)c1. The highest BCUT2D eigenvalue weighted by Gasteiger charge is 2.17. The standard InChI is InChI=1S/C18H14N2O2/c19-11-14-4-3-5-15(10-14)13-22-18(21)20-9-8-16-6-1-2-7-17(16)12-20/h1-10H,12-13H2. The minimum Gasteiger partial charge on any atom is -0.444 e. The van der Waals surface area contributed by atoms with Crippen LogP contribution in [0.1, 0.15) is 22.3 Å². The summed E-state index contributed by atoms with van der Waals surface area (Å²) in [6.45, 7) is 0.657. The van der Waals surface area contributed by atoms with Crippen LogP contribution in [0.4, 0.5) is 4.79 Å². The average Bonchev–Trinajstić information content (AvgIpc) is 2.59. The van der Waals surface area contributed by atoms with Crippen molar-refractivity contribution in [2.45, 2.75) is 13.2 Å². The van der Waals surface area contributed by atoms with Gasteiger partial charge in [-0.1, -0.05) is 36.4 Å². The van der Waals surface area contributed by atoms with Gasteiger partial charge in [0.25, 0.3) is 0 Å². The molecule has 0 aliphatic carbocycles. The summed E-state index contributed by atoms with van der Waals surface area (Å²) in [5, 5.41) is 8.86. The molecule has 1 amide bonds. The molecule has 0 atom stereocenters. The Balaban J connectivity index is 1.63. The summed E-state index contributed by atoms with van der Waals surface area (Å²) >= 11 is 0. The van der Waals surface area contributed by atoms with Crippen LogP contribution < -0.4 is 0 Å². The smallest absolute Gasteiger partial charge is 0.414 e. The first-order chi connectivity index (χ1) is 10.8. The maximum absolute atomic E-state index is 12.1. The zero-order chi connectivity index (χ0) is 15.4. The van der Waals surface area contributed by atoms with Crippen molar-refractivity contribution in [1.82, 2.24) is 4.90 Å².